The van der Waals surface area contributed by atoms with Gasteiger partial charge in [-0.15, -0.1) is 11.3 Å². The zero-order valence-electron chi connectivity index (χ0n) is 17.3. The molecule has 0 saturated carbocycles. The molecule has 0 atom stereocenters. The topological polar surface area (TPSA) is 92.2 Å². The Morgan fingerprint density at radius 1 is 1.06 bits per heavy atom. The summed E-state index contributed by atoms with van der Waals surface area (Å²) < 4.78 is 5.38. The summed E-state index contributed by atoms with van der Waals surface area (Å²) in [6.07, 6.45) is 0.393. The molecule has 0 fully saturated rings. The number of esters is 1. The molecule has 3 aromatic rings. The number of rotatable bonds is 6. The number of thiazole rings is 1. The van der Waals surface area contributed by atoms with Crippen LogP contribution < -0.4 is 9.91 Å². The SMILES string of the molecule is CC(=O)N(c1ccccc1)c1nc(COC(=O)C2=NN(c3ccccc3)C(=O)CC2)cs1. The Labute approximate surface area is 188 Å². The molecule has 2 amide bonds. The number of nitrogens with zero attached hydrogens (tertiary/aromatic N) is 4. The van der Waals surface area contributed by atoms with Gasteiger partial charge in [0.15, 0.2) is 5.13 Å². The fourth-order valence-electron chi connectivity index (χ4n) is 3.16. The van der Waals surface area contributed by atoms with Gasteiger partial charge in [-0.3, -0.25) is 14.5 Å². The molecule has 0 aliphatic carbocycles. The van der Waals surface area contributed by atoms with Crippen molar-refractivity contribution in [2.75, 3.05) is 9.91 Å². The molecule has 2 aromatic carbocycles. The van der Waals surface area contributed by atoms with Gasteiger partial charge in [-0.2, -0.15) is 5.10 Å². The number of aromatic nitrogens is 1. The summed E-state index contributed by atoms with van der Waals surface area (Å²) >= 11 is 1.29. The zero-order chi connectivity index (χ0) is 22.5. The van der Waals surface area contributed by atoms with Gasteiger partial charge in [-0.25, -0.2) is 14.8 Å². The molecule has 0 bridgehead atoms. The van der Waals surface area contributed by atoms with E-state index in [9.17, 15) is 14.4 Å². The van der Waals surface area contributed by atoms with Gasteiger partial charge in [0.25, 0.3) is 0 Å². The third kappa shape index (κ3) is 4.73. The van der Waals surface area contributed by atoms with Crippen molar-refractivity contribution in [3.8, 4) is 0 Å². The lowest BCUT2D eigenvalue weighted by atomic mass is 10.1. The first-order chi connectivity index (χ1) is 15.5. The van der Waals surface area contributed by atoms with Crippen LogP contribution in [0.15, 0.2) is 71.1 Å². The van der Waals surface area contributed by atoms with Crippen molar-refractivity contribution in [2.45, 2.75) is 26.4 Å². The van der Waals surface area contributed by atoms with E-state index in [0.29, 0.717) is 22.2 Å². The number of anilines is 3. The Kier molecular flexibility index (Phi) is 6.37. The van der Waals surface area contributed by atoms with Crippen LogP contribution in [-0.2, 0) is 25.7 Å². The van der Waals surface area contributed by atoms with E-state index in [1.165, 1.54) is 28.2 Å². The second-order valence-corrected chi connectivity index (χ2v) is 7.81. The maximum Gasteiger partial charge on any atom is 0.354 e. The third-order valence-corrected chi connectivity index (χ3v) is 5.55. The lowest BCUT2D eigenvalue weighted by Crippen LogP contribution is -2.34. The highest BCUT2D eigenvalue weighted by molar-refractivity contribution is 7.14. The minimum absolute atomic E-state index is 0.0613. The van der Waals surface area contributed by atoms with Gasteiger partial charge < -0.3 is 4.74 Å². The number of hydrazone groups is 1. The van der Waals surface area contributed by atoms with Crippen molar-refractivity contribution in [1.29, 1.82) is 0 Å². The van der Waals surface area contributed by atoms with Gasteiger partial charge in [0.1, 0.15) is 12.3 Å². The standard InChI is InChI=1S/C23H20N4O4S/c1-16(28)26(18-8-4-2-5-9-18)23-24-17(15-32-23)14-31-22(30)20-12-13-21(29)27(25-20)19-10-6-3-7-11-19/h2-11,15H,12-14H2,1H3. The van der Waals surface area contributed by atoms with Gasteiger partial charge in [0, 0.05) is 25.1 Å². The fraction of sp³-hybridized carbons (Fsp3) is 0.174. The van der Waals surface area contributed by atoms with Crippen LogP contribution >= 0.6 is 11.3 Å². The molecule has 4 rings (SSSR count). The van der Waals surface area contributed by atoms with Crippen LogP contribution in [0.5, 0.6) is 0 Å². The van der Waals surface area contributed by atoms with Gasteiger partial charge in [0.05, 0.1) is 17.1 Å². The van der Waals surface area contributed by atoms with E-state index in [1.807, 2.05) is 36.4 Å². The quantitative estimate of drug-likeness (QED) is 0.531. The Hall–Kier alpha value is -3.85. The van der Waals surface area contributed by atoms with Crippen molar-refractivity contribution in [2.24, 2.45) is 5.10 Å². The smallest absolute Gasteiger partial charge is 0.354 e. The molecule has 1 aliphatic rings. The highest BCUT2D eigenvalue weighted by atomic mass is 32.1. The predicted octanol–water partition coefficient (Wildman–Crippen LogP) is 4.05. The first-order valence-electron chi connectivity index (χ1n) is 9.95. The number of para-hydroxylation sites is 2. The van der Waals surface area contributed by atoms with Crippen LogP contribution in [0.4, 0.5) is 16.5 Å². The molecule has 0 N–H and O–H groups in total. The monoisotopic (exact) mass is 448 g/mol. The molecule has 0 saturated heterocycles. The second-order valence-electron chi connectivity index (χ2n) is 6.98. The average molecular weight is 449 g/mol. The number of hydrogen-bond acceptors (Lipinski definition) is 7. The van der Waals surface area contributed by atoms with E-state index < -0.39 is 5.97 Å². The van der Waals surface area contributed by atoms with E-state index in [2.05, 4.69) is 10.1 Å². The van der Waals surface area contributed by atoms with Crippen LogP contribution in [0.1, 0.15) is 25.5 Å². The predicted molar refractivity (Wildman–Crippen MR) is 122 cm³/mol. The summed E-state index contributed by atoms with van der Waals surface area (Å²) in [5.41, 5.74) is 2.00. The second kappa shape index (κ2) is 9.52. The summed E-state index contributed by atoms with van der Waals surface area (Å²) in [4.78, 5) is 42.9. The van der Waals surface area contributed by atoms with E-state index in [1.54, 1.807) is 29.6 Å². The van der Waals surface area contributed by atoms with Crippen LogP contribution in [0.3, 0.4) is 0 Å². The van der Waals surface area contributed by atoms with Gasteiger partial charge >= 0.3 is 5.97 Å². The zero-order valence-corrected chi connectivity index (χ0v) is 18.1. The first kappa shape index (κ1) is 21.4. The molecular weight excluding hydrogens is 428 g/mol. The molecule has 1 aliphatic heterocycles. The van der Waals surface area contributed by atoms with Crippen molar-refractivity contribution < 1.29 is 19.1 Å². The molecule has 8 nitrogen and oxygen atoms in total. The molecule has 0 radical (unpaired) electrons. The highest BCUT2D eigenvalue weighted by Gasteiger charge is 2.26. The highest BCUT2D eigenvalue weighted by Crippen LogP contribution is 2.29. The minimum Gasteiger partial charge on any atom is -0.455 e. The number of carbonyl (C=O) groups is 3. The third-order valence-electron chi connectivity index (χ3n) is 4.68. The van der Waals surface area contributed by atoms with E-state index >= 15 is 0 Å². The van der Waals surface area contributed by atoms with Crippen LogP contribution in [0.25, 0.3) is 0 Å². The Morgan fingerprint density at radius 2 is 1.75 bits per heavy atom. The number of benzene rings is 2. The van der Waals surface area contributed by atoms with Gasteiger partial charge in [0.2, 0.25) is 11.8 Å². The minimum atomic E-state index is -0.598. The molecule has 0 spiro atoms. The lowest BCUT2D eigenvalue weighted by molar-refractivity contribution is -0.137. The largest absolute Gasteiger partial charge is 0.455 e. The van der Waals surface area contributed by atoms with Crippen LogP contribution in [-0.4, -0.2) is 28.5 Å². The Balaban J connectivity index is 1.44. The summed E-state index contributed by atoms with van der Waals surface area (Å²) in [5, 5.41) is 7.66. The van der Waals surface area contributed by atoms with Crippen molar-refractivity contribution in [3.05, 3.63) is 71.7 Å². The van der Waals surface area contributed by atoms with Crippen molar-refractivity contribution >= 4 is 51.3 Å². The summed E-state index contributed by atoms with van der Waals surface area (Å²) in [5.74, 6) is -0.946. The Morgan fingerprint density at radius 3 is 2.44 bits per heavy atom. The first-order valence-corrected chi connectivity index (χ1v) is 10.8. The van der Waals surface area contributed by atoms with E-state index in [4.69, 9.17) is 4.74 Å². The number of ether oxygens (including phenoxy) is 1. The molecule has 32 heavy (non-hydrogen) atoms. The Bertz CT molecular complexity index is 1160. The van der Waals surface area contributed by atoms with E-state index in [-0.39, 0.29) is 37.0 Å². The normalized spacial score (nSPS) is 13.5. The molecule has 162 valence electrons. The summed E-state index contributed by atoms with van der Waals surface area (Å²) in [7, 11) is 0. The van der Waals surface area contributed by atoms with Gasteiger partial charge in [-0.05, 0) is 24.3 Å². The molecular formula is C23H20N4O4S. The molecule has 9 heteroatoms. The van der Waals surface area contributed by atoms with Crippen LogP contribution in [0.2, 0.25) is 0 Å². The molecule has 0 unspecified atom stereocenters. The summed E-state index contributed by atoms with van der Waals surface area (Å²) in [6.45, 7) is 1.41. The number of hydrogen-bond donors (Lipinski definition) is 0. The molecule has 2 heterocycles. The number of carbonyl (C=O) groups excluding carboxylic acids is 3. The number of amides is 2. The molecule has 1 aromatic heterocycles. The average Bonchev–Trinajstić information content (AvgIpc) is 3.27. The van der Waals surface area contributed by atoms with Crippen LogP contribution in [0, 0.1) is 0 Å². The van der Waals surface area contributed by atoms with E-state index in [0.717, 1.165) is 0 Å². The lowest BCUT2D eigenvalue weighted by Gasteiger charge is -2.22. The van der Waals surface area contributed by atoms with Crippen molar-refractivity contribution in [1.82, 2.24) is 4.98 Å². The summed E-state index contributed by atoms with van der Waals surface area (Å²) in [6, 6.07) is 18.1. The van der Waals surface area contributed by atoms with Gasteiger partial charge in [-0.1, -0.05) is 36.4 Å². The van der Waals surface area contributed by atoms with Crippen molar-refractivity contribution in [3.63, 3.8) is 0 Å². The maximum atomic E-state index is 12.5. The maximum absolute atomic E-state index is 12.5. The fourth-order valence-corrected chi connectivity index (χ4v) is 4.04.